The highest BCUT2D eigenvalue weighted by atomic mass is 127. The predicted octanol–water partition coefficient (Wildman–Crippen LogP) is 4.38. The van der Waals surface area contributed by atoms with Crippen LogP contribution in [0.5, 0.6) is 11.5 Å². The number of para-hydroxylation sites is 1. The van der Waals surface area contributed by atoms with Gasteiger partial charge >= 0.3 is 0 Å². The van der Waals surface area contributed by atoms with E-state index < -0.39 is 10.8 Å². The van der Waals surface area contributed by atoms with Crippen LogP contribution in [0.25, 0.3) is 0 Å². The minimum Gasteiger partial charge on any atom is -0.493 e. The molecule has 1 aromatic carbocycles. The Morgan fingerprint density at radius 3 is 2.65 bits per heavy atom. The van der Waals surface area contributed by atoms with Crippen LogP contribution in [-0.2, 0) is 17.3 Å². The third-order valence-electron chi connectivity index (χ3n) is 6.16. The first-order valence-electron chi connectivity index (χ1n) is 11.3. The van der Waals surface area contributed by atoms with E-state index >= 15 is 0 Å². The molecular formula is C23H38IN3O3S. The molecule has 2 aliphatic carbocycles. The number of hydrogen-bond acceptors (Lipinski definition) is 4. The van der Waals surface area contributed by atoms with Crippen molar-refractivity contribution in [2.75, 3.05) is 19.9 Å². The molecule has 6 nitrogen and oxygen atoms in total. The normalized spacial score (nSPS) is 23.0. The topological polar surface area (TPSA) is 72.0 Å². The Hall–Kier alpha value is -1.03. The number of methoxy groups -OCH3 is 1. The van der Waals surface area contributed by atoms with Crippen molar-refractivity contribution in [3.63, 3.8) is 0 Å². The van der Waals surface area contributed by atoms with Gasteiger partial charge in [-0.3, -0.25) is 9.20 Å². The van der Waals surface area contributed by atoms with Crippen molar-refractivity contribution in [2.45, 2.75) is 82.2 Å². The molecule has 0 saturated heterocycles. The molecular weight excluding hydrogens is 525 g/mol. The zero-order chi connectivity index (χ0) is 21.3. The van der Waals surface area contributed by atoms with E-state index in [0.29, 0.717) is 17.8 Å². The summed E-state index contributed by atoms with van der Waals surface area (Å²) >= 11 is 0. The SMILES string of the molecule is CCS(=O)C1CCCC(NC(=NC)NCc2cccc(OC)c2OC2CCCC2)C1.I. The molecule has 0 heterocycles. The molecule has 2 fully saturated rings. The minimum absolute atomic E-state index is 0. The quantitative estimate of drug-likeness (QED) is 0.279. The van der Waals surface area contributed by atoms with Crippen molar-refractivity contribution in [3.8, 4) is 11.5 Å². The number of aliphatic imine (C=N–C) groups is 1. The highest BCUT2D eigenvalue weighted by molar-refractivity contribution is 14.0. The van der Waals surface area contributed by atoms with Crippen LogP contribution in [0.1, 0.15) is 63.9 Å². The number of benzene rings is 1. The van der Waals surface area contributed by atoms with Gasteiger partial charge in [-0.05, 0) is 51.0 Å². The summed E-state index contributed by atoms with van der Waals surface area (Å²) in [6.07, 6.45) is 9.16. The van der Waals surface area contributed by atoms with Crippen LogP contribution in [-0.4, -0.2) is 47.5 Å². The lowest BCUT2D eigenvalue weighted by Crippen LogP contribution is -2.46. The molecule has 2 saturated carbocycles. The van der Waals surface area contributed by atoms with E-state index in [-0.39, 0.29) is 30.1 Å². The van der Waals surface area contributed by atoms with Gasteiger partial charge in [-0.25, -0.2) is 0 Å². The summed E-state index contributed by atoms with van der Waals surface area (Å²) < 4.78 is 24.1. The van der Waals surface area contributed by atoms with Crippen LogP contribution in [0.2, 0.25) is 0 Å². The van der Waals surface area contributed by atoms with Gasteiger partial charge in [0.25, 0.3) is 0 Å². The lowest BCUT2D eigenvalue weighted by molar-refractivity contribution is 0.198. The number of rotatable bonds is 8. The zero-order valence-electron chi connectivity index (χ0n) is 19.0. The van der Waals surface area contributed by atoms with Crippen LogP contribution in [0, 0.1) is 0 Å². The molecule has 31 heavy (non-hydrogen) atoms. The van der Waals surface area contributed by atoms with Gasteiger partial charge in [-0.1, -0.05) is 25.5 Å². The van der Waals surface area contributed by atoms with Crippen molar-refractivity contribution in [2.24, 2.45) is 4.99 Å². The van der Waals surface area contributed by atoms with Gasteiger partial charge in [0.15, 0.2) is 17.5 Å². The Balaban J connectivity index is 0.00000341. The zero-order valence-corrected chi connectivity index (χ0v) is 22.2. The van der Waals surface area contributed by atoms with Gasteiger partial charge in [-0.15, -0.1) is 24.0 Å². The minimum atomic E-state index is -0.725. The van der Waals surface area contributed by atoms with E-state index in [0.717, 1.165) is 67.3 Å². The molecule has 0 bridgehead atoms. The number of ether oxygens (including phenoxy) is 2. The maximum Gasteiger partial charge on any atom is 0.191 e. The summed E-state index contributed by atoms with van der Waals surface area (Å²) in [7, 11) is 2.76. The molecule has 3 unspecified atom stereocenters. The Labute approximate surface area is 206 Å². The van der Waals surface area contributed by atoms with Crippen LogP contribution in [0.3, 0.4) is 0 Å². The summed E-state index contributed by atoms with van der Waals surface area (Å²) in [6, 6.07) is 6.34. The fourth-order valence-corrected chi connectivity index (χ4v) is 5.83. The first-order chi connectivity index (χ1) is 14.6. The van der Waals surface area contributed by atoms with E-state index in [2.05, 4.69) is 21.7 Å². The summed E-state index contributed by atoms with van der Waals surface area (Å²) in [4.78, 5) is 4.41. The first kappa shape index (κ1) is 26.2. The number of halogens is 1. The summed E-state index contributed by atoms with van der Waals surface area (Å²) in [6.45, 7) is 2.61. The van der Waals surface area contributed by atoms with Gasteiger partial charge in [-0.2, -0.15) is 0 Å². The largest absolute Gasteiger partial charge is 0.493 e. The third-order valence-corrected chi connectivity index (χ3v) is 7.90. The summed E-state index contributed by atoms with van der Waals surface area (Å²) in [5.74, 6) is 3.13. The molecule has 0 spiro atoms. The van der Waals surface area contributed by atoms with E-state index in [1.807, 2.05) is 19.1 Å². The monoisotopic (exact) mass is 563 g/mol. The van der Waals surface area contributed by atoms with Crippen molar-refractivity contribution in [1.29, 1.82) is 0 Å². The third kappa shape index (κ3) is 7.51. The maximum atomic E-state index is 12.2. The summed E-state index contributed by atoms with van der Waals surface area (Å²) in [5.41, 5.74) is 1.07. The van der Waals surface area contributed by atoms with E-state index in [1.165, 1.54) is 12.8 Å². The molecule has 1 aromatic rings. The molecule has 0 amide bonds. The van der Waals surface area contributed by atoms with Crippen LogP contribution in [0.4, 0.5) is 0 Å². The van der Waals surface area contributed by atoms with Gasteiger partial charge in [0.05, 0.1) is 13.2 Å². The number of nitrogens with zero attached hydrogens (tertiary/aromatic N) is 1. The fourth-order valence-electron chi connectivity index (χ4n) is 4.49. The molecule has 8 heteroatoms. The lowest BCUT2D eigenvalue weighted by atomic mass is 9.95. The van der Waals surface area contributed by atoms with Gasteiger partial charge in [0.1, 0.15) is 0 Å². The van der Waals surface area contributed by atoms with E-state index in [4.69, 9.17) is 9.47 Å². The van der Waals surface area contributed by atoms with Crippen LogP contribution < -0.4 is 20.1 Å². The van der Waals surface area contributed by atoms with Crippen molar-refractivity contribution in [1.82, 2.24) is 10.6 Å². The molecule has 176 valence electrons. The second-order valence-corrected chi connectivity index (χ2v) is 10.2. The molecule has 3 rings (SSSR count). The predicted molar refractivity (Wildman–Crippen MR) is 139 cm³/mol. The Bertz CT molecular complexity index is 741. The van der Waals surface area contributed by atoms with Crippen molar-refractivity contribution in [3.05, 3.63) is 23.8 Å². The summed E-state index contributed by atoms with van der Waals surface area (Å²) in [5, 5.41) is 7.27. The van der Waals surface area contributed by atoms with E-state index in [9.17, 15) is 4.21 Å². The van der Waals surface area contributed by atoms with Crippen molar-refractivity contribution >= 4 is 40.7 Å². The molecule has 0 aliphatic heterocycles. The Morgan fingerprint density at radius 2 is 1.97 bits per heavy atom. The number of nitrogens with one attached hydrogen (secondary N) is 2. The number of guanidine groups is 1. The first-order valence-corrected chi connectivity index (χ1v) is 12.7. The van der Waals surface area contributed by atoms with Gasteiger partial charge in [0, 0.05) is 47.0 Å². The molecule has 0 aromatic heterocycles. The standard InChI is InChI=1S/C23H37N3O3S.HI/c1-4-30(27)20-13-8-10-18(15-20)26-23(24-2)25-16-17-9-7-14-21(28-3)22(17)29-19-11-5-6-12-19;/h7,9,14,18-20H,4-6,8,10-13,15-16H2,1-3H3,(H2,24,25,26);1H. The highest BCUT2D eigenvalue weighted by Crippen LogP contribution is 2.34. The van der Waals surface area contributed by atoms with Gasteiger partial charge in [0.2, 0.25) is 0 Å². The van der Waals surface area contributed by atoms with Crippen LogP contribution in [0.15, 0.2) is 23.2 Å². The highest BCUT2D eigenvalue weighted by Gasteiger charge is 2.26. The smallest absolute Gasteiger partial charge is 0.191 e. The van der Waals surface area contributed by atoms with Crippen LogP contribution >= 0.6 is 24.0 Å². The second kappa shape index (κ2) is 13.5. The average molecular weight is 564 g/mol. The molecule has 3 atom stereocenters. The second-order valence-electron chi connectivity index (χ2n) is 8.20. The fraction of sp³-hybridized carbons (Fsp3) is 0.696. The average Bonchev–Trinajstić information content (AvgIpc) is 3.30. The molecule has 2 N–H and O–H groups in total. The molecule has 2 aliphatic rings. The Morgan fingerprint density at radius 1 is 1.19 bits per heavy atom. The van der Waals surface area contributed by atoms with Gasteiger partial charge < -0.3 is 20.1 Å². The molecule has 0 radical (unpaired) electrons. The van der Waals surface area contributed by atoms with Crippen molar-refractivity contribution < 1.29 is 13.7 Å². The number of hydrogen-bond donors (Lipinski definition) is 2. The maximum absolute atomic E-state index is 12.2. The van der Waals surface area contributed by atoms with E-state index in [1.54, 1.807) is 14.2 Å². The Kier molecular flexibility index (Phi) is 11.4. The lowest BCUT2D eigenvalue weighted by Gasteiger charge is -2.30.